The number of thioether (sulfide) groups is 1. The average molecular weight is 254 g/mol. The van der Waals surface area contributed by atoms with Gasteiger partial charge in [-0.3, -0.25) is 0 Å². The van der Waals surface area contributed by atoms with E-state index in [-0.39, 0.29) is 10.6 Å². The SMILES string of the molecule is NC(=O)Nc1ccc(SC(F)(F)F)cc1F. The third-order valence-electron chi connectivity index (χ3n) is 1.43. The smallest absolute Gasteiger partial charge is 0.351 e. The molecule has 1 aromatic rings. The van der Waals surface area contributed by atoms with Gasteiger partial charge in [0.2, 0.25) is 0 Å². The zero-order valence-electron chi connectivity index (χ0n) is 7.64. The molecular weight excluding hydrogens is 248 g/mol. The van der Waals surface area contributed by atoms with Crippen LogP contribution in [0.5, 0.6) is 0 Å². The predicted octanol–water partition coefficient (Wildman–Crippen LogP) is 2.93. The molecule has 0 radical (unpaired) electrons. The van der Waals surface area contributed by atoms with Gasteiger partial charge in [0.15, 0.2) is 0 Å². The number of carbonyl (C=O) groups is 1. The lowest BCUT2D eigenvalue weighted by molar-refractivity contribution is -0.0328. The second-order valence-corrected chi connectivity index (χ2v) is 3.82. The molecule has 0 fully saturated rings. The largest absolute Gasteiger partial charge is 0.446 e. The Kier molecular flexibility index (Phi) is 3.63. The highest BCUT2D eigenvalue weighted by Crippen LogP contribution is 2.37. The van der Waals surface area contributed by atoms with E-state index in [9.17, 15) is 22.4 Å². The van der Waals surface area contributed by atoms with Crippen LogP contribution in [0.3, 0.4) is 0 Å². The maximum atomic E-state index is 13.1. The van der Waals surface area contributed by atoms with E-state index in [2.05, 4.69) is 0 Å². The second kappa shape index (κ2) is 4.60. The maximum Gasteiger partial charge on any atom is 0.446 e. The van der Waals surface area contributed by atoms with E-state index in [1.165, 1.54) is 0 Å². The number of halogens is 4. The Hall–Kier alpha value is -1.44. The zero-order valence-corrected chi connectivity index (χ0v) is 8.45. The van der Waals surface area contributed by atoms with Gasteiger partial charge in [0.05, 0.1) is 5.69 Å². The molecule has 0 aliphatic heterocycles. The monoisotopic (exact) mass is 254 g/mol. The van der Waals surface area contributed by atoms with Crippen LogP contribution in [-0.4, -0.2) is 11.5 Å². The number of nitrogens with two attached hydrogens (primary N) is 1. The molecular formula is C8H6F4N2OS. The number of hydrogen-bond acceptors (Lipinski definition) is 2. The van der Waals surface area contributed by atoms with Gasteiger partial charge in [-0.05, 0) is 30.0 Å². The van der Waals surface area contributed by atoms with Crippen molar-refractivity contribution in [3.05, 3.63) is 24.0 Å². The summed E-state index contributed by atoms with van der Waals surface area (Å²) in [7, 11) is 0. The number of anilines is 1. The van der Waals surface area contributed by atoms with Crippen molar-refractivity contribution in [2.75, 3.05) is 5.32 Å². The highest BCUT2D eigenvalue weighted by molar-refractivity contribution is 8.00. The lowest BCUT2D eigenvalue weighted by Crippen LogP contribution is -2.20. The van der Waals surface area contributed by atoms with Crippen molar-refractivity contribution in [1.82, 2.24) is 0 Å². The molecule has 16 heavy (non-hydrogen) atoms. The molecule has 3 nitrogen and oxygen atoms in total. The molecule has 0 aliphatic rings. The summed E-state index contributed by atoms with van der Waals surface area (Å²) in [6, 6.07) is 1.72. The van der Waals surface area contributed by atoms with Crippen LogP contribution in [0, 0.1) is 5.82 Å². The Morgan fingerprint density at radius 3 is 2.44 bits per heavy atom. The van der Waals surface area contributed by atoms with E-state index in [1.807, 2.05) is 5.32 Å². The number of benzene rings is 1. The summed E-state index contributed by atoms with van der Waals surface area (Å²) in [6.07, 6.45) is 0. The topological polar surface area (TPSA) is 55.1 Å². The van der Waals surface area contributed by atoms with Crippen molar-refractivity contribution >= 4 is 23.5 Å². The fourth-order valence-electron chi connectivity index (χ4n) is 0.927. The lowest BCUT2D eigenvalue weighted by Gasteiger charge is -2.07. The van der Waals surface area contributed by atoms with Crippen molar-refractivity contribution in [2.24, 2.45) is 5.73 Å². The van der Waals surface area contributed by atoms with Gasteiger partial charge in [-0.2, -0.15) is 13.2 Å². The van der Waals surface area contributed by atoms with Gasteiger partial charge in [-0.25, -0.2) is 9.18 Å². The van der Waals surface area contributed by atoms with Crippen molar-refractivity contribution in [3.63, 3.8) is 0 Å². The first-order valence-corrected chi connectivity index (χ1v) is 4.71. The van der Waals surface area contributed by atoms with E-state index >= 15 is 0 Å². The molecule has 88 valence electrons. The second-order valence-electron chi connectivity index (χ2n) is 2.68. The summed E-state index contributed by atoms with van der Waals surface area (Å²) in [5.41, 5.74) is -0.0146. The highest BCUT2D eigenvalue weighted by atomic mass is 32.2. The van der Waals surface area contributed by atoms with E-state index in [0.717, 1.165) is 12.1 Å². The molecule has 8 heteroatoms. The Morgan fingerprint density at radius 1 is 1.38 bits per heavy atom. The molecule has 0 aromatic heterocycles. The molecule has 1 aromatic carbocycles. The van der Waals surface area contributed by atoms with E-state index in [0.29, 0.717) is 6.07 Å². The molecule has 0 spiro atoms. The highest BCUT2D eigenvalue weighted by Gasteiger charge is 2.29. The minimum absolute atomic E-state index is 0.265. The molecule has 0 aliphatic carbocycles. The molecule has 1 rings (SSSR count). The zero-order chi connectivity index (χ0) is 12.3. The van der Waals surface area contributed by atoms with Crippen LogP contribution in [0.1, 0.15) is 0 Å². The van der Waals surface area contributed by atoms with Crippen molar-refractivity contribution in [2.45, 2.75) is 10.4 Å². The third kappa shape index (κ3) is 3.97. The number of carbonyl (C=O) groups excluding carboxylic acids is 1. The molecule has 0 atom stereocenters. The number of nitrogens with one attached hydrogen (secondary N) is 1. The number of hydrogen-bond donors (Lipinski definition) is 2. The predicted molar refractivity (Wildman–Crippen MR) is 51.5 cm³/mol. The van der Waals surface area contributed by atoms with Crippen molar-refractivity contribution in [1.29, 1.82) is 0 Å². The van der Waals surface area contributed by atoms with Crippen LogP contribution in [-0.2, 0) is 0 Å². The van der Waals surface area contributed by atoms with Crippen LogP contribution in [0.4, 0.5) is 28.0 Å². The molecule has 0 saturated carbocycles. The Morgan fingerprint density at radius 2 is 2.00 bits per heavy atom. The van der Waals surface area contributed by atoms with Gasteiger partial charge in [-0.15, -0.1) is 0 Å². The van der Waals surface area contributed by atoms with E-state index < -0.39 is 29.1 Å². The summed E-state index contributed by atoms with van der Waals surface area (Å²) in [5, 5.41) is 1.94. The van der Waals surface area contributed by atoms with Crippen LogP contribution in [0.25, 0.3) is 0 Å². The van der Waals surface area contributed by atoms with Crippen molar-refractivity contribution in [3.8, 4) is 0 Å². The normalized spacial score (nSPS) is 11.2. The average Bonchev–Trinajstić information content (AvgIpc) is 2.06. The summed E-state index contributed by atoms with van der Waals surface area (Å²) < 4.78 is 48.9. The Bertz CT molecular complexity index is 408. The molecule has 0 saturated heterocycles. The number of alkyl halides is 3. The Balaban J connectivity index is 2.87. The first-order chi connectivity index (χ1) is 7.28. The minimum atomic E-state index is -4.48. The number of amides is 2. The van der Waals surface area contributed by atoms with Gasteiger partial charge in [0, 0.05) is 4.90 Å². The van der Waals surface area contributed by atoms with Gasteiger partial charge >= 0.3 is 11.5 Å². The summed E-state index contributed by atoms with van der Waals surface area (Å²) >= 11 is -0.441. The van der Waals surface area contributed by atoms with E-state index in [1.54, 1.807) is 0 Å². The number of primary amides is 1. The molecule has 0 bridgehead atoms. The fourth-order valence-corrected chi connectivity index (χ4v) is 1.49. The van der Waals surface area contributed by atoms with E-state index in [4.69, 9.17) is 5.73 Å². The third-order valence-corrected chi connectivity index (χ3v) is 2.15. The first-order valence-electron chi connectivity index (χ1n) is 3.90. The van der Waals surface area contributed by atoms with Crippen LogP contribution in [0.15, 0.2) is 23.1 Å². The van der Waals surface area contributed by atoms with Gasteiger partial charge in [0.1, 0.15) is 5.82 Å². The molecule has 3 N–H and O–H groups in total. The van der Waals surface area contributed by atoms with Crippen LogP contribution >= 0.6 is 11.8 Å². The standard InChI is InChI=1S/C8H6F4N2OS/c9-5-3-4(16-8(10,11)12)1-2-6(5)14-7(13)15/h1-3H,(H3,13,14,15). The molecule has 0 heterocycles. The number of urea groups is 1. The van der Waals surface area contributed by atoms with Crippen LogP contribution < -0.4 is 11.1 Å². The van der Waals surface area contributed by atoms with Gasteiger partial charge in [-0.1, -0.05) is 0 Å². The summed E-state index contributed by atoms with van der Waals surface area (Å²) in [6.45, 7) is 0. The van der Waals surface area contributed by atoms with Crippen LogP contribution in [0.2, 0.25) is 0 Å². The summed E-state index contributed by atoms with van der Waals surface area (Å²) in [5.74, 6) is -0.979. The number of rotatable bonds is 2. The quantitative estimate of drug-likeness (QED) is 0.629. The molecule has 2 amide bonds. The fraction of sp³-hybridized carbons (Fsp3) is 0.125. The first kappa shape index (κ1) is 12.6. The maximum absolute atomic E-state index is 13.1. The lowest BCUT2D eigenvalue weighted by atomic mass is 10.3. The summed E-state index contributed by atoms with van der Waals surface area (Å²) in [4.78, 5) is 10.1. The van der Waals surface area contributed by atoms with Gasteiger partial charge < -0.3 is 11.1 Å². The van der Waals surface area contributed by atoms with Crippen molar-refractivity contribution < 1.29 is 22.4 Å². The molecule has 0 unspecified atom stereocenters. The van der Waals surface area contributed by atoms with Gasteiger partial charge in [0.25, 0.3) is 0 Å². The Labute approximate surface area is 92.0 Å². The minimum Gasteiger partial charge on any atom is -0.351 e.